The van der Waals surface area contributed by atoms with Gasteiger partial charge in [0.2, 0.25) is 10.0 Å². The van der Waals surface area contributed by atoms with Crippen molar-refractivity contribution in [1.29, 1.82) is 0 Å². The molecule has 7 heteroatoms. The van der Waals surface area contributed by atoms with Crippen LogP contribution in [0.3, 0.4) is 0 Å². The van der Waals surface area contributed by atoms with Crippen LogP contribution in [0.15, 0.2) is 0 Å². The summed E-state index contributed by atoms with van der Waals surface area (Å²) in [6, 6.07) is -0.255. The third-order valence-corrected chi connectivity index (χ3v) is 7.35. The first-order chi connectivity index (χ1) is 8.36. The number of rotatable bonds is 6. The lowest BCUT2D eigenvalue weighted by atomic mass is 10.2. The summed E-state index contributed by atoms with van der Waals surface area (Å²) in [7, 11) is -6.32. The van der Waals surface area contributed by atoms with Crippen LogP contribution < -0.4 is 0 Å². The lowest BCUT2D eigenvalue weighted by molar-refractivity contribution is 0.332. The van der Waals surface area contributed by atoms with E-state index in [2.05, 4.69) is 0 Å². The summed E-state index contributed by atoms with van der Waals surface area (Å²) in [6.45, 7) is 1.96. The molecule has 1 atom stereocenters. The van der Waals surface area contributed by atoms with Crippen LogP contribution >= 0.6 is 0 Å². The van der Waals surface area contributed by atoms with Crippen molar-refractivity contribution in [3.63, 3.8) is 0 Å². The molecule has 0 amide bonds. The Morgan fingerprint density at radius 1 is 1.17 bits per heavy atom. The van der Waals surface area contributed by atoms with Crippen LogP contribution in [0, 0.1) is 0 Å². The fourth-order valence-electron chi connectivity index (χ4n) is 2.49. The molecule has 5 nitrogen and oxygen atoms in total. The van der Waals surface area contributed by atoms with Gasteiger partial charge < -0.3 is 0 Å². The smallest absolute Gasteiger partial charge is 0.214 e. The van der Waals surface area contributed by atoms with Gasteiger partial charge in [-0.05, 0) is 25.7 Å². The Morgan fingerprint density at radius 2 is 1.83 bits per heavy atom. The van der Waals surface area contributed by atoms with Crippen molar-refractivity contribution in [2.75, 3.05) is 17.3 Å². The van der Waals surface area contributed by atoms with Gasteiger partial charge in [0, 0.05) is 12.1 Å². The number of unbranched alkanes of at least 4 members (excludes halogenated alkanes) is 1. The normalized spacial score (nSPS) is 27.8. The summed E-state index contributed by atoms with van der Waals surface area (Å²) in [5.41, 5.74) is 0. The molecule has 0 bridgehead atoms. The molecule has 1 saturated heterocycles. The van der Waals surface area contributed by atoms with E-state index in [0.29, 0.717) is 12.8 Å². The van der Waals surface area contributed by atoms with Gasteiger partial charge in [0.1, 0.15) is 0 Å². The SMILES string of the molecule is CCCCS(=O)(=O)N(C1CC1)C1CCS(=O)(=O)C1. The molecule has 0 aromatic rings. The topological polar surface area (TPSA) is 71.5 Å². The molecule has 0 aromatic carbocycles. The van der Waals surface area contributed by atoms with E-state index in [4.69, 9.17) is 0 Å². The minimum atomic E-state index is -3.29. The van der Waals surface area contributed by atoms with Gasteiger partial charge in [-0.25, -0.2) is 16.8 Å². The average Bonchev–Trinajstić information content (AvgIpc) is 3.01. The van der Waals surface area contributed by atoms with Crippen LogP contribution in [0.25, 0.3) is 0 Å². The molecule has 2 aliphatic rings. The van der Waals surface area contributed by atoms with Gasteiger partial charge in [-0.15, -0.1) is 0 Å². The Labute approximate surface area is 110 Å². The number of hydrogen-bond donors (Lipinski definition) is 0. The molecule has 0 aromatic heterocycles. The number of nitrogens with zero attached hydrogens (tertiary/aromatic N) is 1. The summed E-state index contributed by atoms with van der Waals surface area (Å²) >= 11 is 0. The monoisotopic (exact) mass is 295 g/mol. The van der Waals surface area contributed by atoms with Gasteiger partial charge in [-0.2, -0.15) is 4.31 Å². The van der Waals surface area contributed by atoms with Gasteiger partial charge in [0.05, 0.1) is 17.3 Å². The molecule has 0 N–H and O–H groups in total. The Hall–Kier alpha value is -0.140. The van der Waals surface area contributed by atoms with Crippen LogP contribution in [0.5, 0.6) is 0 Å². The molecule has 1 aliphatic carbocycles. The maximum absolute atomic E-state index is 12.3. The highest BCUT2D eigenvalue weighted by Crippen LogP contribution is 2.34. The molecule has 106 valence electrons. The number of sulfone groups is 1. The first-order valence-electron chi connectivity index (χ1n) is 6.57. The van der Waals surface area contributed by atoms with Crippen LogP contribution in [0.1, 0.15) is 39.0 Å². The lowest BCUT2D eigenvalue weighted by Gasteiger charge is -2.27. The van der Waals surface area contributed by atoms with Gasteiger partial charge >= 0.3 is 0 Å². The fraction of sp³-hybridized carbons (Fsp3) is 1.00. The second kappa shape index (κ2) is 5.09. The Kier molecular flexibility index (Phi) is 4.04. The van der Waals surface area contributed by atoms with Gasteiger partial charge in [0.25, 0.3) is 0 Å². The van der Waals surface area contributed by atoms with E-state index < -0.39 is 19.9 Å². The summed E-state index contributed by atoms with van der Waals surface area (Å²) in [5.74, 6) is 0.287. The molecule has 1 saturated carbocycles. The van der Waals surface area contributed by atoms with Crippen LogP contribution in [0.4, 0.5) is 0 Å². The highest BCUT2D eigenvalue weighted by molar-refractivity contribution is 7.92. The lowest BCUT2D eigenvalue weighted by Crippen LogP contribution is -2.43. The minimum absolute atomic E-state index is 0.00878. The molecule has 0 radical (unpaired) electrons. The average molecular weight is 295 g/mol. The van der Waals surface area contributed by atoms with Crippen LogP contribution in [-0.4, -0.2) is 50.5 Å². The van der Waals surface area contributed by atoms with E-state index in [1.54, 1.807) is 0 Å². The maximum Gasteiger partial charge on any atom is 0.214 e. The standard InChI is InChI=1S/C11H21NO4S2/c1-2-3-7-18(15,16)12(10-4-5-10)11-6-8-17(13,14)9-11/h10-11H,2-9H2,1H3. The molecular formula is C11H21NO4S2. The van der Waals surface area contributed by atoms with E-state index in [9.17, 15) is 16.8 Å². The third kappa shape index (κ3) is 3.24. The summed E-state index contributed by atoms with van der Waals surface area (Å²) in [4.78, 5) is 0. The van der Waals surface area contributed by atoms with Gasteiger partial charge in [-0.3, -0.25) is 0 Å². The largest absolute Gasteiger partial charge is 0.229 e. The number of hydrogen-bond acceptors (Lipinski definition) is 4. The summed E-state index contributed by atoms with van der Waals surface area (Å²) < 4.78 is 49.1. The fourth-order valence-corrected chi connectivity index (χ4v) is 6.46. The predicted octanol–water partition coefficient (Wildman–Crippen LogP) is 0.768. The first kappa shape index (κ1) is 14.3. The van der Waals surface area contributed by atoms with E-state index in [-0.39, 0.29) is 29.3 Å². The molecule has 2 fully saturated rings. The molecule has 1 unspecified atom stereocenters. The van der Waals surface area contributed by atoms with E-state index in [0.717, 1.165) is 19.3 Å². The first-order valence-corrected chi connectivity index (χ1v) is 10.0. The molecule has 2 rings (SSSR count). The number of sulfonamides is 1. The molecule has 0 spiro atoms. The zero-order valence-electron chi connectivity index (χ0n) is 10.7. The Bertz CT molecular complexity index is 493. The van der Waals surface area contributed by atoms with E-state index >= 15 is 0 Å². The van der Waals surface area contributed by atoms with E-state index in [1.807, 2.05) is 6.92 Å². The van der Waals surface area contributed by atoms with Crippen LogP contribution in [0.2, 0.25) is 0 Å². The summed E-state index contributed by atoms with van der Waals surface area (Å²) in [5, 5.41) is 0. The van der Waals surface area contributed by atoms with Crippen molar-refractivity contribution in [2.45, 2.75) is 51.1 Å². The maximum atomic E-state index is 12.3. The zero-order chi connectivity index (χ0) is 13.4. The molecule has 1 heterocycles. The highest BCUT2D eigenvalue weighted by Gasteiger charge is 2.45. The second-order valence-electron chi connectivity index (χ2n) is 5.29. The van der Waals surface area contributed by atoms with Crippen molar-refractivity contribution in [3.05, 3.63) is 0 Å². The molecular weight excluding hydrogens is 274 g/mol. The van der Waals surface area contributed by atoms with Crippen molar-refractivity contribution in [2.24, 2.45) is 0 Å². The van der Waals surface area contributed by atoms with Crippen molar-refractivity contribution < 1.29 is 16.8 Å². The van der Waals surface area contributed by atoms with Crippen LogP contribution in [-0.2, 0) is 19.9 Å². The Morgan fingerprint density at radius 3 is 2.28 bits per heavy atom. The second-order valence-corrected chi connectivity index (χ2v) is 9.51. The highest BCUT2D eigenvalue weighted by atomic mass is 32.2. The predicted molar refractivity (Wildman–Crippen MR) is 70.6 cm³/mol. The molecule has 1 aliphatic heterocycles. The minimum Gasteiger partial charge on any atom is -0.229 e. The van der Waals surface area contributed by atoms with Crippen molar-refractivity contribution in [1.82, 2.24) is 4.31 Å². The van der Waals surface area contributed by atoms with E-state index in [1.165, 1.54) is 4.31 Å². The summed E-state index contributed by atoms with van der Waals surface area (Å²) in [6.07, 6.45) is 3.69. The quantitative estimate of drug-likeness (QED) is 0.725. The zero-order valence-corrected chi connectivity index (χ0v) is 12.3. The van der Waals surface area contributed by atoms with Crippen molar-refractivity contribution >= 4 is 19.9 Å². The van der Waals surface area contributed by atoms with Gasteiger partial charge in [-0.1, -0.05) is 13.3 Å². The van der Waals surface area contributed by atoms with Crippen molar-refractivity contribution in [3.8, 4) is 0 Å². The van der Waals surface area contributed by atoms with Gasteiger partial charge in [0.15, 0.2) is 9.84 Å². The molecule has 18 heavy (non-hydrogen) atoms. The third-order valence-electron chi connectivity index (χ3n) is 3.55. The Balaban J connectivity index is 2.14.